The summed E-state index contributed by atoms with van der Waals surface area (Å²) in [5.41, 5.74) is 3.05. The van der Waals surface area contributed by atoms with Gasteiger partial charge in [0.1, 0.15) is 0 Å². The summed E-state index contributed by atoms with van der Waals surface area (Å²) >= 11 is 0. The van der Waals surface area contributed by atoms with Crippen molar-refractivity contribution in [3.05, 3.63) is 59.9 Å². The Morgan fingerprint density at radius 1 is 1.16 bits per heavy atom. The van der Waals surface area contributed by atoms with Gasteiger partial charge in [-0.2, -0.15) is 0 Å². The summed E-state index contributed by atoms with van der Waals surface area (Å²) in [5.74, 6) is 0. The van der Waals surface area contributed by atoms with Crippen LogP contribution in [0.2, 0.25) is 0 Å². The van der Waals surface area contributed by atoms with Crippen LogP contribution >= 0.6 is 0 Å². The lowest BCUT2D eigenvalue weighted by Gasteiger charge is -2.24. The number of para-hydroxylation sites is 1. The molecule has 0 bridgehead atoms. The predicted octanol–water partition coefficient (Wildman–Crippen LogP) is 3.16. The van der Waals surface area contributed by atoms with E-state index in [4.69, 9.17) is 0 Å². The van der Waals surface area contributed by atoms with Gasteiger partial charge in [-0.25, -0.2) is 0 Å². The average Bonchev–Trinajstić information content (AvgIpc) is 2.47. The van der Waals surface area contributed by atoms with Gasteiger partial charge in [-0.15, -0.1) is 0 Å². The highest BCUT2D eigenvalue weighted by Gasteiger charge is 2.13. The summed E-state index contributed by atoms with van der Waals surface area (Å²) in [7, 11) is 2.02. The van der Waals surface area contributed by atoms with Crippen LogP contribution in [0.3, 0.4) is 0 Å². The summed E-state index contributed by atoms with van der Waals surface area (Å²) in [6, 6.07) is 13.9. The van der Waals surface area contributed by atoms with Gasteiger partial charge < -0.3 is 10.0 Å². The van der Waals surface area contributed by atoms with Gasteiger partial charge in [0.2, 0.25) is 0 Å². The average molecular weight is 256 g/mol. The molecule has 19 heavy (non-hydrogen) atoms. The van der Waals surface area contributed by atoms with Crippen molar-refractivity contribution in [2.75, 3.05) is 11.9 Å². The number of pyridine rings is 1. The zero-order valence-corrected chi connectivity index (χ0v) is 11.5. The Morgan fingerprint density at radius 2 is 1.89 bits per heavy atom. The molecule has 1 N–H and O–H groups in total. The van der Waals surface area contributed by atoms with E-state index in [0.29, 0.717) is 6.42 Å². The number of aromatic nitrogens is 1. The van der Waals surface area contributed by atoms with Gasteiger partial charge in [-0.3, -0.25) is 4.98 Å². The molecule has 2 aromatic rings. The summed E-state index contributed by atoms with van der Waals surface area (Å²) in [5, 5.41) is 10.1. The number of aliphatic hydroxyl groups excluding tert-OH is 1. The number of anilines is 1. The Bertz CT molecular complexity index is 513. The standard InChI is InChI=1S/C16H20N2O/c1-3-16(19)14-9-4-5-10-15(14)18(2)12-13-8-6-7-11-17-13/h4-11,16,19H,3,12H2,1-2H3. The Hall–Kier alpha value is -1.87. The van der Waals surface area contributed by atoms with E-state index >= 15 is 0 Å². The maximum atomic E-state index is 10.1. The molecule has 1 heterocycles. The lowest BCUT2D eigenvalue weighted by Crippen LogP contribution is -2.19. The normalized spacial score (nSPS) is 12.2. The van der Waals surface area contributed by atoms with Crippen molar-refractivity contribution in [2.24, 2.45) is 0 Å². The quantitative estimate of drug-likeness (QED) is 0.892. The topological polar surface area (TPSA) is 36.4 Å². The predicted molar refractivity (Wildman–Crippen MR) is 78.0 cm³/mol. The van der Waals surface area contributed by atoms with Gasteiger partial charge in [0, 0.05) is 24.5 Å². The SMILES string of the molecule is CCC(O)c1ccccc1N(C)Cc1ccccn1. The monoisotopic (exact) mass is 256 g/mol. The summed E-state index contributed by atoms with van der Waals surface area (Å²) in [4.78, 5) is 6.46. The zero-order valence-electron chi connectivity index (χ0n) is 11.5. The molecule has 3 nitrogen and oxygen atoms in total. The first-order chi connectivity index (χ1) is 9.22. The molecule has 0 spiro atoms. The van der Waals surface area contributed by atoms with E-state index in [0.717, 1.165) is 23.5 Å². The Labute approximate surface area is 114 Å². The van der Waals surface area contributed by atoms with Gasteiger partial charge in [0.05, 0.1) is 18.3 Å². The van der Waals surface area contributed by atoms with Gasteiger partial charge in [0.25, 0.3) is 0 Å². The van der Waals surface area contributed by atoms with Gasteiger partial charge in [-0.1, -0.05) is 31.2 Å². The largest absolute Gasteiger partial charge is 0.388 e. The van der Waals surface area contributed by atoms with E-state index < -0.39 is 6.10 Å². The summed E-state index contributed by atoms with van der Waals surface area (Å²) < 4.78 is 0. The first-order valence-corrected chi connectivity index (χ1v) is 6.60. The van der Waals surface area contributed by atoms with Crippen LogP contribution in [0.15, 0.2) is 48.7 Å². The highest BCUT2D eigenvalue weighted by molar-refractivity contribution is 5.54. The molecule has 100 valence electrons. The second-order valence-electron chi connectivity index (χ2n) is 4.66. The third-order valence-corrected chi connectivity index (χ3v) is 3.22. The number of nitrogens with zero attached hydrogens (tertiary/aromatic N) is 2. The van der Waals surface area contributed by atoms with Crippen LogP contribution in [0.25, 0.3) is 0 Å². The van der Waals surface area contributed by atoms with Crippen molar-refractivity contribution >= 4 is 5.69 Å². The van der Waals surface area contributed by atoms with Crippen LogP contribution in [-0.4, -0.2) is 17.1 Å². The van der Waals surface area contributed by atoms with Crippen LogP contribution in [0.4, 0.5) is 5.69 Å². The molecule has 1 unspecified atom stereocenters. The smallest absolute Gasteiger partial charge is 0.0807 e. The molecule has 0 aliphatic rings. The molecule has 0 saturated carbocycles. The van der Waals surface area contributed by atoms with Crippen molar-refractivity contribution in [1.29, 1.82) is 0 Å². The first kappa shape index (κ1) is 13.6. The van der Waals surface area contributed by atoms with Crippen LogP contribution < -0.4 is 4.90 Å². The van der Waals surface area contributed by atoms with Crippen molar-refractivity contribution < 1.29 is 5.11 Å². The number of rotatable bonds is 5. The van der Waals surface area contributed by atoms with Crippen molar-refractivity contribution in [1.82, 2.24) is 4.98 Å². The van der Waals surface area contributed by atoms with Crippen molar-refractivity contribution in [3.8, 4) is 0 Å². The van der Waals surface area contributed by atoms with E-state index in [1.54, 1.807) is 6.20 Å². The van der Waals surface area contributed by atoms with E-state index in [1.807, 2.05) is 56.4 Å². The van der Waals surface area contributed by atoms with E-state index in [2.05, 4.69) is 9.88 Å². The second kappa shape index (κ2) is 6.34. The second-order valence-corrected chi connectivity index (χ2v) is 4.66. The molecule has 1 aromatic heterocycles. The minimum Gasteiger partial charge on any atom is -0.388 e. The van der Waals surface area contributed by atoms with Crippen LogP contribution in [0.1, 0.15) is 30.7 Å². The molecular formula is C16H20N2O. The van der Waals surface area contributed by atoms with E-state index in [1.165, 1.54) is 0 Å². The highest BCUT2D eigenvalue weighted by atomic mass is 16.3. The van der Waals surface area contributed by atoms with Crippen molar-refractivity contribution in [3.63, 3.8) is 0 Å². The van der Waals surface area contributed by atoms with Crippen LogP contribution in [0, 0.1) is 0 Å². The Balaban J connectivity index is 2.21. The van der Waals surface area contributed by atoms with Gasteiger partial charge >= 0.3 is 0 Å². The van der Waals surface area contributed by atoms with Gasteiger partial charge in [0.15, 0.2) is 0 Å². The molecule has 0 saturated heterocycles. The highest BCUT2D eigenvalue weighted by Crippen LogP contribution is 2.28. The molecule has 1 aromatic carbocycles. The number of aliphatic hydroxyl groups is 1. The van der Waals surface area contributed by atoms with Crippen molar-refractivity contribution in [2.45, 2.75) is 26.0 Å². The molecule has 2 rings (SSSR count). The molecule has 0 radical (unpaired) electrons. The maximum Gasteiger partial charge on any atom is 0.0807 e. The maximum absolute atomic E-state index is 10.1. The molecule has 0 fully saturated rings. The third-order valence-electron chi connectivity index (χ3n) is 3.22. The summed E-state index contributed by atoms with van der Waals surface area (Å²) in [6.45, 7) is 2.72. The number of benzene rings is 1. The van der Waals surface area contributed by atoms with Crippen LogP contribution in [-0.2, 0) is 6.54 Å². The number of hydrogen-bond donors (Lipinski definition) is 1. The lowest BCUT2D eigenvalue weighted by molar-refractivity contribution is 0.174. The molecule has 1 atom stereocenters. The molecule has 0 amide bonds. The van der Waals surface area contributed by atoms with E-state index in [9.17, 15) is 5.11 Å². The van der Waals surface area contributed by atoms with E-state index in [-0.39, 0.29) is 0 Å². The minimum absolute atomic E-state index is 0.414. The number of hydrogen-bond acceptors (Lipinski definition) is 3. The first-order valence-electron chi connectivity index (χ1n) is 6.60. The Morgan fingerprint density at radius 3 is 2.58 bits per heavy atom. The molecule has 0 aliphatic heterocycles. The third kappa shape index (κ3) is 3.32. The fourth-order valence-corrected chi connectivity index (χ4v) is 2.16. The fourth-order valence-electron chi connectivity index (χ4n) is 2.16. The lowest BCUT2D eigenvalue weighted by atomic mass is 10.0. The molecule has 3 heteroatoms. The molecular weight excluding hydrogens is 236 g/mol. The fraction of sp³-hybridized carbons (Fsp3) is 0.312. The zero-order chi connectivity index (χ0) is 13.7. The molecule has 0 aliphatic carbocycles. The Kier molecular flexibility index (Phi) is 4.53. The van der Waals surface area contributed by atoms with Crippen LogP contribution in [0.5, 0.6) is 0 Å². The minimum atomic E-state index is -0.414. The van der Waals surface area contributed by atoms with Gasteiger partial charge in [-0.05, 0) is 24.6 Å². The summed E-state index contributed by atoms with van der Waals surface area (Å²) in [6.07, 6.45) is 2.10.